The van der Waals surface area contributed by atoms with Crippen molar-refractivity contribution in [3.8, 4) is 0 Å². The summed E-state index contributed by atoms with van der Waals surface area (Å²) in [6.45, 7) is 3.82. The van der Waals surface area contributed by atoms with E-state index in [9.17, 15) is 25.2 Å². The molecule has 0 aromatic carbocycles. The summed E-state index contributed by atoms with van der Waals surface area (Å²) in [5.74, 6) is -0.641. The summed E-state index contributed by atoms with van der Waals surface area (Å²) < 4.78 is 0. The van der Waals surface area contributed by atoms with Crippen molar-refractivity contribution in [3.63, 3.8) is 0 Å². The number of carbonyl (C=O) groups excluding carboxylic acids is 1. The molecule has 0 heterocycles. The average molecular weight is 482 g/mol. The van der Waals surface area contributed by atoms with Crippen molar-refractivity contribution in [3.05, 3.63) is 36.5 Å². The van der Waals surface area contributed by atoms with Gasteiger partial charge in [-0.05, 0) is 64.2 Å². The molecule has 0 aliphatic heterocycles. The third-order valence-corrected chi connectivity index (χ3v) is 5.79. The Hall–Kier alpha value is -1.47. The van der Waals surface area contributed by atoms with E-state index in [1.54, 1.807) is 0 Å². The van der Waals surface area contributed by atoms with Crippen LogP contribution in [-0.2, 0) is 4.79 Å². The van der Waals surface area contributed by atoms with Crippen LogP contribution in [0.4, 0.5) is 0 Å². The summed E-state index contributed by atoms with van der Waals surface area (Å²) in [7, 11) is 0. The van der Waals surface area contributed by atoms with Gasteiger partial charge in [-0.25, -0.2) is 0 Å². The summed E-state index contributed by atoms with van der Waals surface area (Å²) in [4.78, 5) is 12.2. The van der Waals surface area contributed by atoms with Gasteiger partial charge in [-0.2, -0.15) is 0 Å². The molecule has 0 aromatic heterocycles. The van der Waals surface area contributed by atoms with Crippen molar-refractivity contribution in [2.24, 2.45) is 0 Å². The van der Waals surface area contributed by atoms with Gasteiger partial charge in [-0.15, -0.1) is 0 Å². The molecule has 0 aliphatic carbocycles. The number of unbranched alkanes of at least 4 members (excludes halogenated alkanes) is 7. The van der Waals surface area contributed by atoms with Gasteiger partial charge in [-0.3, -0.25) is 4.79 Å². The van der Waals surface area contributed by atoms with Crippen LogP contribution >= 0.6 is 0 Å². The molecule has 4 unspecified atom stereocenters. The first-order valence-electron chi connectivity index (χ1n) is 13.4. The molecule has 0 aromatic rings. The lowest BCUT2D eigenvalue weighted by atomic mass is 10.0. The molecule has 4 atom stereocenters. The van der Waals surface area contributed by atoms with Crippen LogP contribution in [0.2, 0.25) is 0 Å². The number of aliphatic hydroxyl groups is 4. The second kappa shape index (κ2) is 23.3. The first-order chi connectivity index (χ1) is 16.5. The highest BCUT2D eigenvalue weighted by Gasteiger charge is 2.28. The minimum atomic E-state index is -1.29. The Morgan fingerprint density at radius 3 is 1.91 bits per heavy atom. The molecule has 198 valence electrons. The van der Waals surface area contributed by atoms with Crippen LogP contribution < -0.4 is 5.32 Å². The van der Waals surface area contributed by atoms with Gasteiger partial charge in [0.25, 0.3) is 0 Å². The molecule has 0 rings (SSSR count). The molecule has 0 saturated heterocycles. The van der Waals surface area contributed by atoms with Crippen molar-refractivity contribution in [2.45, 2.75) is 128 Å². The van der Waals surface area contributed by atoms with E-state index in [1.165, 1.54) is 25.7 Å². The molecule has 6 nitrogen and oxygen atoms in total. The predicted molar refractivity (Wildman–Crippen MR) is 140 cm³/mol. The molecular formula is C28H51NO5. The normalized spacial score (nSPS) is 15.8. The van der Waals surface area contributed by atoms with E-state index in [1.807, 2.05) is 6.08 Å². The van der Waals surface area contributed by atoms with Crippen molar-refractivity contribution < 1.29 is 25.2 Å². The highest BCUT2D eigenvalue weighted by Crippen LogP contribution is 2.11. The number of hydrogen-bond donors (Lipinski definition) is 5. The van der Waals surface area contributed by atoms with Crippen molar-refractivity contribution in [1.29, 1.82) is 0 Å². The quantitative estimate of drug-likeness (QED) is 0.114. The van der Waals surface area contributed by atoms with Gasteiger partial charge in [-0.1, -0.05) is 76.0 Å². The fourth-order valence-electron chi connectivity index (χ4n) is 3.54. The maximum Gasteiger partial charge on any atom is 0.249 e. The second-order valence-corrected chi connectivity index (χ2v) is 9.01. The Morgan fingerprint density at radius 2 is 1.29 bits per heavy atom. The molecule has 0 radical (unpaired) electrons. The fourth-order valence-corrected chi connectivity index (χ4v) is 3.54. The van der Waals surface area contributed by atoms with E-state index in [0.29, 0.717) is 19.3 Å². The first kappa shape index (κ1) is 32.5. The lowest BCUT2D eigenvalue weighted by Crippen LogP contribution is -2.53. The maximum atomic E-state index is 12.2. The Balaban J connectivity index is 4.14. The summed E-state index contributed by atoms with van der Waals surface area (Å²) in [6.07, 6.45) is 21.9. The third-order valence-electron chi connectivity index (χ3n) is 5.79. The van der Waals surface area contributed by atoms with Gasteiger partial charge in [0.15, 0.2) is 0 Å². The van der Waals surface area contributed by atoms with Gasteiger partial charge in [0, 0.05) is 0 Å². The molecule has 6 heteroatoms. The Morgan fingerprint density at radius 1 is 0.706 bits per heavy atom. The number of amides is 1. The van der Waals surface area contributed by atoms with Crippen LogP contribution in [0, 0.1) is 0 Å². The number of allylic oxidation sites excluding steroid dienone is 6. The lowest BCUT2D eigenvalue weighted by Gasteiger charge is -2.27. The zero-order valence-electron chi connectivity index (χ0n) is 21.6. The van der Waals surface area contributed by atoms with E-state index in [0.717, 1.165) is 38.5 Å². The lowest BCUT2D eigenvalue weighted by molar-refractivity contribution is -0.132. The van der Waals surface area contributed by atoms with Crippen LogP contribution in [0.15, 0.2) is 36.5 Å². The van der Waals surface area contributed by atoms with Gasteiger partial charge in [0.2, 0.25) is 5.91 Å². The monoisotopic (exact) mass is 481 g/mol. The van der Waals surface area contributed by atoms with Crippen LogP contribution in [0.1, 0.15) is 104 Å². The summed E-state index contributed by atoms with van der Waals surface area (Å²) in [6, 6.07) is -1.02. The summed E-state index contributed by atoms with van der Waals surface area (Å²) >= 11 is 0. The minimum Gasteiger partial charge on any atom is -0.394 e. The molecule has 0 aliphatic rings. The van der Waals surface area contributed by atoms with Crippen LogP contribution in [0.3, 0.4) is 0 Å². The van der Waals surface area contributed by atoms with Gasteiger partial charge >= 0.3 is 0 Å². The summed E-state index contributed by atoms with van der Waals surface area (Å²) in [5, 5.41) is 42.7. The van der Waals surface area contributed by atoms with Crippen LogP contribution in [-0.4, -0.2) is 57.3 Å². The molecule has 0 bridgehead atoms. The largest absolute Gasteiger partial charge is 0.394 e. The van der Waals surface area contributed by atoms with Crippen LogP contribution in [0.5, 0.6) is 0 Å². The van der Waals surface area contributed by atoms with E-state index in [-0.39, 0.29) is 6.42 Å². The molecule has 5 N–H and O–H groups in total. The topological polar surface area (TPSA) is 110 Å². The fraction of sp³-hybridized carbons (Fsp3) is 0.750. The second-order valence-electron chi connectivity index (χ2n) is 9.01. The first-order valence-corrected chi connectivity index (χ1v) is 13.4. The maximum absolute atomic E-state index is 12.2. The SMILES string of the molecule is CCC/C=C/CC/C=C/CCCC(O)C(O)C(CO)NC(=O)C(O)CC/C=C\CCCCCC. The number of nitrogens with one attached hydrogen (secondary N) is 1. The molecule has 0 saturated carbocycles. The zero-order chi connectivity index (χ0) is 25.4. The highest BCUT2D eigenvalue weighted by molar-refractivity contribution is 5.80. The van der Waals surface area contributed by atoms with Crippen LogP contribution in [0.25, 0.3) is 0 Å². The zero-order valence-corrected chi connectivity index (χ0v) is 21.6. The van der Waals surface area contributed by atoms with Crippen molar-refractivity contribution in [1.82, 2.24) is 5.32 Å². The van der Waals surface area contributed by atoms with Crippen molar-refractivity contribution in [2.75, 3.05) is 6.61 Å². The van der Waals surface area contributed by atoms with E-state index in [2.05, 4.69) is 49.5 Å². The number of hydrogen-bond acceptors (Lipinski definition) is 5. The molecule has 34 heavy (non-hydrogen) atoms. The predicted octanol–water partition coefficient (Wildman–Crippen LogP) is 4.72. The molecule has 0 fully saturated rings. The van der Waals surface area contributed by atoms with E-state index in [4.69, 9.17) is 0 Å². The standard InChI is InChI=1S/C28H51NO5/c1-3-5-7-9-11-13-14-16-17-19-21-25(31)27(33)24(23-30)29-28(34)26(32)22-20-18-15-12-10-8-6-4-2/h7,9,14-16,18,24-27,30-33H,3-6,8,10-13,17,19-23H2,1-2H3,(H,29,34)/b9-7+,16-14+,18-15-. The van der Waals surface area contributed by atoms with E-state index < -0.39 is 36.9 Å². The van der Waals surface area contributed by atoms with Gasteiger partial charge in [0.05, 0.1) is 18.8 Å². The molecule has 0 spiro atoms. The minimum absolute atomic E-state index is 0.273. The number of carbonyl (C=O) groups is 1. The van der Waals surface area contributed by atoms with Gasteiger partial charge < -0.3 is 25.7 Å². The summed E-state index contributed by atoms with van der Waals surface area (Å²) in [5.41, 5.74) is 0. The van der Waals surface area contributed by atoms with Crippen molar-refractivity contribution >= 4 is 5.91 Å². The Labute approximate surface area is 207 Å². The molecular weight excluding hydrogens is 430 g/mol. The average Bonchev–Trinajstić information content (AvgIpc) is 2.84. The number of rotatable bonds is 22. The third kappa shape index (κ3) is 17.9. The van der Waals surface area contributed by atoms with Gasteiger partial charge in [0.1, 0.15) is 12.2 Å². The molecule has 1 amide bonds. The van der Waals surface area contributed by atoms with E-state index >= 15 is 0 Å². The smallest absolute Gasteiger partial charge is 0.249 e. The Kier molecular flexibility index (Phi) is 22.3. The highest BCUT2D eigenvalue weighted by atomic mass is 16.3. The number of aliphatic hydroxyl groups excluding tert-OH is 4. The Bertz CT molecular complexity index is 561.